The van der Waals surface area contributed by atoms with Crippen LogP contribution in [0.4, 0.5) is 5.69 Å². The molecule has 4 nitrogen and oxygen atoms in total. The van der Waals surface area contributed by atoms with Gasteiger partial charge >= 0.3 is 0 Å². The molecular weight excluding hydrogens is 202 g/mol. The van der Waals surface area contributed by atoms with Gasteiger partial charge in [0.05, 0.1) is 6.61 Å². The number of nitrogens with two attached hydrogens (primary N) is 1. The number of nitrogen functional groups attached to an aromatic ring is 1. The Morgan fingerprint density at radius 3 is 2.69 bits per heavy atom. The van der Waals surface area contributed by atoms with E-state index in [4.69, 9.17) is 15.9 Å². The SMILES string of the molecule is COCC(C)N(C)c1ccccc1C(=N)N. The predicted molar refractivity (Wildman–Crippen MR) is 67.2 cm³/mol. The fraction of sp³-hybridized carbons (Fsp3) is 0.417. The van der Waals surface area contributed by atoms with E-state index in [-0.39, 0.29) is 11.9 Å². The van der Waals surface area contributed by atoms with E-state index in [1.165, 1.54) is 0 Å². The number of hydrogen-bond acceptors (Lipinski definition) is 3. The standard InChI is InChI=1S/C12H19N3O/c1-9(8-16-3)15(2)11-7-5-4-6-10(11)12(13)14/h4-7,9H,8H2,1-3H3,(H3,13,14). The zero-order valence-electron chi connectivity index (χ0n) is 10.0. The van der Waals surface area contributed by atoms with Crippen LogP contribution in [-0.4, -0.2) is 32.6 Å². The number of methoxy groups -OCH3 is 1. The van der Waals surface area contributed by atoms with E-state index < -0.39 is 0 Å². The minimum absolute atomic E-state index is 0.0899. The highest BCUT2D eigenvalue weighted by molar-refractivity contribution is 6.00. The lowest BCUT2D eigenvalue weighted by molar-refractivity contribution is 0.183. The maximum atomic E-state index is 7.53. The van der Waals surface area contributed by atoms with Crippen LogP contribution in [0, 0.1) is 5.41 Å². The lowest BCUT2D eigenvalue weighted by atomic mass is 10.1. The molecule has 16 heavy (non-hydrogen) atoms. The molecule has 0 radical (unpaired) electrons. The minimum Gasteiger partial charge on any atom is -0.384 e. The van der Waals surface area contributed by atoms with Crippen LogP contribution in [0.3, 0.4) is 0 Å². The van der Waals surface area contributed by atoms with Crippen LogP contribution in [0.2, 0.25) is 0 Å². The number of rotatable bonds is 5. The van der Waals surface area contributed by atoms with Gasteiger partial charge in [-0.05, 0) is 19.1 Å². The van der Waals surface area contributed by atoms with Gasteiger partial charge in [-0.1, -0.05) is 12.1 Å². The van der Waals surface area contributed by atoms with Gasteiger partial charge in [0.25, 0.3) is 0 Å². The Kier molecular flexibility index (Phi) is 4.31. The minimum atomic E-state index is 0.0899. The molecule has 0 spiro atoms. The summed E-state index contributed by atoms with van der Waals surface area (Å²) in [6.45, 7) is 2.71. The molecule has 0 heterocycles. The number of hydrogen-bond donors (Lipinski definition) is 2. The van der Waals surface area contributed by atoms with Crippen molar-refractivity contribution in [1.82, 2.24) is 0 Å². The third-order valence-electron chi connectivity index (χ3n) is 2.64. The summed E-state index contributed by atoms with van der Waals surface area (Å²) in [7, 11) is 3.66. The quantitative estimate of drug-likeness (QED) is 0.584. The van der Waals surface area contributed by atoms with Gasteiger partial charge in [-0.2, -0.15) is 0 Å². The average molecular weight is 221 g/mol. The number of benzene rings is 1. The predicted octanol–water partition coefficient (Wildman–Crippen LogP) is 1.44. The zero-order chi connectivity index (χ0) is 12.1. The van der Waals surface area contributed by atoms with Gasteiger partial charge in [-0.25, -0.2) is 0 Å². The Balaban J connectivity index is 2.98. The molecule has 3 N–H and O–H groups in total. The Bertz CT molecular complexity index is 365. The molecule has 0 aliphatic heterocycles. The third kappa shape index (κ3) is 2.73. The first-order valence-electron chi connectivity index (χ1n) is 5.23. The molecule has 0 amide bonds. The smallest absolute Gasteiger partial charge is 0.124 e. The third-order valence-corrected chi connectivity index (χ3v) is 2.64. The van der Waals surface area contributed by atoms with Crippen molar-refractivity contribution in [2.24, 2.45) is 5.73 Å². The lowest BCUT2D eigenvalue weighted by Crippen LogP contribution is -2.34. The van der Waals surface area contributed by atoms with Gasteiger partial charge < -0.3 is 15.4 Å². The largest absolute Gasteiger partial charge is 0.384 e. The second kappa shape index (κ2) is 5.51. The molecule has 0 saturated heterocycles. The van der Waals surface area contributed by atoms with Gasteiger partial charge in [-0.15, -0.1) is 0 Å². The van der Waals surface area contributed by atoms with Gasteiger partial charge in [0.15, 0.2) is 0 Å². The summed E-state index contributed by atoms with van der Waals surface area (Å²) < 4.78 is 5.12. The summed E-state index contributed by atoms with van der Waals surface area (Å²) in [6, 6.07) is 7.88. The van der Waals surface area contributed by atoms with Crippen molar-refractivity contribution >= 4 is 11.5 Å². The molecular formula is C12H19N3O. The number of anilines is 1. The molecule has 88 valence electrons. The Labute approximate surface area is 96.5 Å². The number of para-hydroxylation sites is 1. The maximum absolute atomic E-state index is 7.53. The molecule has 1 rings (SSSR count). The number of nitrogens with zero attached hydrogens (tertiary/aromatic N) is 1. The molecule has 0 fully saturated rings. The van der Waals surface area contributed by atoms with Gasteiger partial charge in [0.1, 0.15) is 5.84 Å². The summed E-state index contributed by atoms with van der Waals surface area (Å²) >= 11 is 0. The number of likely N-dealkylation sites (N-methyl/N-ethyl adjacent to an activating group) is 1. The van der Waals surface area contributed by atoms with Crippen LogP contribution in [0.5, 0.6) is 0 Å². The second-order valence-electron chi connectivity index (χ2n) is 3.85. The highest BCUT2D eigenvalue weighted by Crippen LogP contribution is 2.20. The van der Waals surface area contributed by atoms with Crippen LogP contribution in [-0.2, 0) is 4.74 Å². The second-order valence-corrected chi connectivity index (χ2v) is 3.85. The molecule has 4 heteroatoms. The molecule has 0 aliphatic rings. The van der Waals surface area contributed by atoms with Gasteiger partial charge in [-0.3, -0.25) is 5.41 Å². The molecule has 1 aromatic carbocycles. The van der Waals surface area contributed by atoms with Gasteiger partial charge in [0, 0.05) is 31.5 Å². The van der Waals surface area contributed by atoms with E-state index in [1.807, 2.05) is 31.3 Å². The number of ether oxygens (including phenoxy) is 1. The van der Waals surface area contributed by atoms with Gasteiger partial charge in [0.2, 0.25) is 0 Å². The van der Waals surface area contributed by atoms with E-state index in [9.17, 15) is 0 Å². The highest BCUT2D eigenvalue weighted by Gasteiger charge is 2.14. The van der Waals surface area contributed by atoms with Crippen molar-refractivity contribution in [2.75, 3.05) is 25.7 Å². The Hall–Kier alpha value is -1.55. The van der Waals surface area contributed by atoms with E-state index in [0.29, 0.717) is 6.61 Å². The Morgan fingerprint density at radius 1 is 1.50 bits per heavy atom. The van der Waals surface area contributed by atoms with Crippen molar-refractivity contribution in [3.8, 4) is 0 Å². The van der Waals surface area contributed by atoms with Crippen molar-refractivity contribution in [3.05, 3.63) is 29.8 Å². The number of nitrogens with one attached hydrogen (secondary N) is 1. The van der Waals surface area contributed by atoms with Crippen molar-refractivity contribution in [2.45, 2.75) is 13.0 Å². The molecule has 1 unspecified atom stereocenters. The highest BCUT2D eigenvalue weighted by atomic mass is 16.5. The molecule has 0 aliphatic carbocycles. The van der Waals surface area contributed by atoms with Crippen molar-refractivity contribution in [3.63, 3.8) is 0 Å². The van der Waals surface area contributed by atoms with Crippen molar-refractivity contribution in [1.29, 1.82) is 5.41 Å². The normalized spacial score (nSPS) is 12.2. The first-order chi connectivity index (χ1) is 7.57. The van der Waals surface area contributed by atoms with E-state index in [0.717, 1.165) is 11.3 Å². The molecule has 0 aromatic heterocycles. The van der Waals surface area contributed by atoms with E-state index in [2.05, 4.69) is 11.8 Å². The number of amidine groups is 1. The summed E-state index contributed by atoms with van der Waals surface area (Å²) in [5.41, 5.74) is 7.27. The van der Waals surface area contributed by atoms with E-state index >= 15 is 0 Å². The fourth-order valence-corrected chi connectivity index (χ4v) is 1.60. The van der Waals surface area contributed by atoms with Crippen LogP contribution in [0.15, 0.2) is 24.3 Å². The molecule has 0 bridgehead atoms. The van der Waals surface area contributed by atoms with Crippen LogP contribution >= 0.6 is 0 Å². The average Bonchev–Trinajstić information content (AvgIpc) is 2.28. The summed E-state index contributed by atoms with van der Waals surface area (Å²) in [4.78, 5) is 2.07. The fourth-order valence-electron chi connectivity index (χ4n) is 1.60. The zero-order valence-corrected chi connectivity index (χ0v) is 10.0. The monoisotopic (exact) mass is 221 g/mol. The maximum Gasteiger partial charge on any atom is 0.124 e. The van der Waals surface area contributed by atoms with Crippen LogP contribution in [0.25, 0.3) is 0 Å². The van der Waals surface area contributed by atoms with Crippen LogP contribution in [0.1, 0.15) is 12.5 Å². The molecule has 1 aromatic rings. The first-order valence-corrected chi connectivity index (χ1v) is 5.23. The summed E-state index contributed by atoms with van der Waals surface area (Å²) in [6.07, 6.45) is 0. The molecule has 0 saturated carbocycles. The summed E-state index contributed by atoms with van der Waals surface area (Å²) in [5, 5.41) is 7.53. The topological polar surface area (TPSA) is 62.3 Å². The Morgan fingerprint density at radius 2 is 2.12 bits per heavy atom. The lowest BCUT2D eigenvalue weighted by Gasteiger charge is -2.28. The van der Waals surface area contributed by atoms with Crippen molar-refractivity contribution < 1.29 is 4.74 Å². The van der Waals surface area contributed by atoms with E-state index in [1.54, 1.807) is 7.11 Å². The first kappa shape index (κ1) is 12.5. The molecule has 1 atom stereocenters. The summed E-state index contributed by atoms with van der Waals surface area (Å²) in [5.74, 6) is 0.0899. The van der Waals surface area contributed by atoms with Crippen LogP contribution < -0.4 is 10.6 Å².